The summed E-state index contributed by atoms with van der Waals surface area (Å²) in [4.78, 5) is 12.5. The first-order valence-corrected chi connectivity index (χ1v) is 10.6. The number of anilines is 1. The largest absolute Gasteiger partial charge is 0.497 e. The van der Waals surface area contributed by atoms with Crippen LogP contribution in [-0.4, -0.2) is 22.8 Å². The lowest BCUT2D eigenvalue weighted by Gasteiger charge is -2.05. The van der Waals surface area contributed by atoms with E-state index in [-0.39, 0.29) is 18.3 Å². The van der Waals surface area contributed by atoms with Crippen molar-refractivity contribution in [2.24, 2.45) is 0 Å². The standard InChI is InChI=1S/C23H20IN3O4/c1-29-20-4-2-3-16(11-20)13-27-14-18(12-25-27)26-23(28)22-10-9-21(31-22)15-30-19-7-5-17(24)6-8-19/h2-12,14H,13,15H2,1H3,(H,26,28). The zero-order chi connectivity index (χ0) is 21.6. The smallest absolute Gasteiger partial charge is 0.291 e. The minimum absolute atomic E-state index is 0.210. The molecule has 0 aliphatic rings. The highest BCUT2D eigenvalue weighted by atomic mass is 127. The Morgan fingerprint density at radius 2 is 1.97 bits per heavy atom. The number of furan rings is 1. The maximum atomic E-state index is 12.5. The average molecular weight is 529 g/mol. The van der Waals surface area contributed by atoms with Gasteiger partial charge in [0.05, 0.1) is 25.5 Å². The van der Waals surface area contributed by atoms with Crippen LogP contribution in [0.25, 0.3) is 0 Å². The van der Waals surface area contributed by atoms with E-state index in [1.54, 1.807) is 36.3 Å². The summed E-state index contributed by atoms with van der Waals surface area (Å²) in [6, 6.07) is 18.8. The summed E-state index contributed by atoms with van der Waals surface area (Å²) in [6.07, 6.45) is 3.36. The Hall–Kier alpha value is -3.27. The molecule has 0 radical (unpaired) electrons. The molecule has 0 aliphatic heterocycles. The zero-order valence-electron chi connectivity index (χ0n) is 16.7. The molecule has 0 fully saturated rings. The van der Waals surface area contributed by atoms with Gasteiger partial charge in [0.2, 0.25) is 0 Å². The van der Waals surface area contributed by atoms with Gasteiger partial charge in [-0.25, -0.2) is 0 Å². The van der Waals surface area contributed by atoms with Crippen LogP contribution in [0.15, 0.2) is 77.5 Å². The lowest BCUT2D eigenvalue weighted by Crippen LogP contribution is -2.10. The van der Waals surface area contributed by atoms with Gasteiger partial charge in [-0.15, -0.1) is 0 Å². The number of halogens is 1. The van der Waals surface area contributed by atoms with Gasteiger partial charge in [-0.1, -0.05) is 12.1 Å². The number of benzene rings is 2. The van der Waals surface area contributed by atoms with Crippen LogP contribution >= 0.6 is 22.6 Å². The summed E-state index contributed by atoms with van der Waals surface area (Å²) in [7, 11) is 1.63. The molecule has 31 heavy (non-hydrogen) atoms. The van der Waals surface area contributed by atoms with E-state index >= 15 is 0 Å². The number of carbonyl (C=O) groups is 1. The van der Waals surface area contributed by atoms with Crippen LogP contribution in [0.5, 0.6) is 11.5 Å². The van der Waals surface area contributed by atoms with Gasteiger partial charge in [0.25, 0.3) is 5.91 Å². The number of nitrogens with one attached hydrogen (secondary N) is 1. The van der Waals surface area contributed by atoms with Crippen LogP contribution in [0.1, 0.15) is 21.9 Å². The molecule has 1 amide bonds. The normalized spacial score (nSPS) is 10.6. The molecule has 7 nitrogen and oxygen atoms in total. The molecule has 0 atom stereocenters. The predicted molar refractivity (Wildman–Crippen MR) is 124 cm³/mol. The van der Waals surface area contributed by atoms with Crippen LogP contribution in [0.4, 0.5) is 5.69 Å². The van der Waals surface area contributed by atoms with Gasteiger partial charge in [0, 0.05) is 9.77 Å². The molecular weight excluding hydrogens is 509 g/mol. The highest BCUT2D eigenvalue weighted by Gasteiger charge is 2.13. The summed E-state index contributed by atoms with van der Waals surface area (Å²) >= 11 is 2.24. The number of methoxy groups -OCH3 is 1. The fourth-order valence-electron chi connectivity index (χ4n) is 2.93. The van der Waals surface area contributed by atoms with E-state index in [0.717, 1.165) is 20.6 Å². The Labute approximate surface area is 193 Å². The summed E-state index contributed by atoms with van der Waals surface area (Å²) in [5, 5.41) is 7.10. The highest BCUT2D eigenvalue weighted by Crippen LogP contribution is 2.18. The van der Waals surface area contributed by atoms with E-state index in [1.807, 2.05) is 48.5 Å². The van der Waals surface area contributed by atoms with Crippen molar-refractivity contribution in [3.8, 4) is 11.5 Å². The number of aromatic nitrogens is 2. The highest BCUT2D eigenvalue weighted by molar-refractivity contribution is 14.1. The van der Waals surface area contributed by atoms with Crippen molar-refractivity contribution < 1.29 is 18.7 Å². The van der Waals surface area contributed by atoms with E-state index in [4.69, 9.17) is 13.9 Å². The maximum Gasteiger partial charge on any atom is 0.291 e. The fraction of sp³-hybridized carbons (Fsp3) is 0.130. The lowest BCUT2D eigenvalue weighted by molar-refractivity contribution is 0.0992. The van der Waals surface area contributed by atoms with Gasteiger partial charge in [-0.3, -0.25) is 9.48 Å². The fourth-order valence-corrected chi connectivity index (χ4v) is 3.29. The van der Waals surface area contributed by atoms with Crippen molar-refractivity contribution in [2.75, 3.05) is 12.4 Å². The molecule has 1 N–H and O–H groups in total. The second kappa shape index (κ2) is 9.69. The molecule has 0 bridgehead atoms. The Balaban J connectivity index is 1.33. The van der Waals surface area contributed by atoms with Crippen LogP contribution in [0, 0.1) is 3.57 Å². The Morgan fingerprint density at radius 1 is 1.13 bits per heavy atom. The van der Waals surface area contributed by atoms with E-state index < -0.39 is 0 Å². The maximum absolute atomic E-state index is 12.5. The van der Waals surface area contributed by atoms with Crippen LogP contribution in [-0.2, 0) is 13.2 Å². The van der Waals surface area contributed by atoms with E-state index in [1.165, 1.54) is 0 Å². The minimum Gasteiger partial charge on any atom is -0.497 e. The monoisotopic (exact) mass is 529 g/mol. The summed E-state index contributed by atoms with van der Waals surface area (Å²) in [5.41, 5.74) is 1.63. The molecular formula is C23H20IN3O4. The van der Waals surface area contributed by atoms with Gasteiger partial charge in [0.15, 0.2) is 5.76 Å². The average Bonchev–Trinajstić information content (AvgIpc) is 3.43. The number of ether oxygens (including phenoxy) is 2. The number of rotatable bonds is 8. The molecule has 2 heterocycles. The SMILES string of the molecule is COc1cccc(Cn2cc(NC(=O)c3ccc(COc4ccc(I)cc4)o3)cn2)c1. The number of hydrogen-bond acceptors (Lipinski definition) is 5. The first kappa shape index (κ1) is 21.0. The quantitative estimate of drug-likeness (QED) is 0.326. The van der Waals surface area contributed by atoms with Crippen molar-refractivity contribution >= 4 is 34.2 Å². The number of nitrogens with zero attached hydrogens (tertiary/aromatic N) is 2. The minimum atomic E-state index is -0.346. The van der Waals surface area contributed by atoms with Gasteiger partial charge in [0.1, 0.15) is 23.9 Å². The molecule has 158 valence electrons. The van der Waals surface area contributed by atoms with Crippen molar-refractivity contribution in [2.45, 2.75) is 13.2 Å². The third kappa shape index (κ3) is 5.66. The predicted octanol–water partition coefficient (Wildman–Crippen LogP) is 4.97. The van der Waals surface area contributed by atoms with E-state index in [2.05, 4.69) is 33.0 Å². The number of hydrogen-bond donors (Lipinski definition) is 1. The molecule has 0 unspecified atom stereocenters. The molecule has 0 spiro atoms. The van der Waals surface area contributed by atoms with Crippen LogP contribution < -0.4 is 14.8 Å². The van der Waals surface area contributed by atoms with Crippen LogP contribution in [0.2, 0.25) is 0 Å². The molecule has 4 aromatic rings. The van der Waals surface area contributed by atoms with Gasteiger partial charge < -0.3 is 19.2 Å². The Bertz CT molecular complexity index is 1170. The second-order valence-corrected chi connectivity index (χ2v) is 7.99. The molecule has 2 aromatic carbocycles. The second-order valence-electron chi connectivity index (χ2n) is 6.74. The first-order valence-electron chi connectivity index (χ1n) is 9.53. The molecule has 0 aliphatic carbocycles. The summed E-state index contributed by atoms with van der Waals surface area (Å²) < 4.78 is 19.4. The van der Waals surface area contributed by atoms with Crippen LogP contribution in [0.3, 0.4) is 0 Å². The number of carbonyl (C=O) groups excluding carboxylic acids is 1. The third-order valence-corrected chi connectivity index (χ3v) is 5.17. The first-order chi connectivity index (χ1) is 15.1. The molecule has 2 aromatic heterocycles. The van der Waals surface area contributed by atoms with Crippen molar-refractivity contribution in [1.29, 1.82) is 0 Å². The van der Waals surface area contributed by atoms with Gasteiger partial charge in [-0.05, 0) is 76.7 Å². The zero-order valence-corrected chi connectivity index (χ0v) is 18.9. The Kier molecular flexibility index (Phi) is 6.56. The molecule has 4 rings (SSSR count). The Morgan fingerprint density at radius 3 is 2.77 bits per heavy atom. The lowest BCUT2D eigenvalue weighted by atomic mass is 10.2. The summed E-state index contributed by atoms with van der Waals surface area (Å²) in [6.45, 7) is 0.806. The van der Waals surface area contributed by atoms with Gasteiger partial charge >= 0.3 is 0 Å². The van der Waals surface area contributed by atoms with E-state index in [9.17, 15) is 4.79 Å². The van der Waals surface area contributed by atoms with E-state index in [0.29, 0.717) is 18.0 Å². The molecule has 8 heteroatoms. The van der Waals surface area contributed by atoms with Crippen molar-refractivity contribution in [3.63, 3.8) is 0 Å². The van der Waals surface area contributed by atoms with Crippen molar-refractivity contribution in [1.82, 2.24) is 9.78 Å². The van der Waals surface area contributed by atoms with Gasteiger partial charge in [-0.2, -0.15) is 5.10 Å². The topological polar surface area (TPSA) is 78.5 Å². The molecule has 0 saturated heterocycles. The number of amides is 1. The third-order valence-electron chi connectivity index (χ3n) is 4.45. The summed E-state index contributed by atoms with van der Waals surface area (Å²) in [5.74, 6) is 1.96. The molecule has 0 saturated carbocycles. The van der Waals surface area contributed by atoms with Crippen molar-refractivity contribution in [3.05, 3.63) is 93.7 Å².